The normalized spacial score (nSPS) is 12.8. The molecule has 0 fully saturated rings. The maximum atomic E-state index is 11.0. The van der Waals surface area contributed by atoms with Gasteiger partial charge < -0.3 is 9.84 Å². The van der Waals surface area contributed by atoms with Gasteiger partial charge in [-0.1, -0.05) is 0 Å². The number of aromatic nitrogens is 1. The van der Waals surface area contributed by atoms with Gasteiger partial charge in [-0.3, -0.25) is 4.79 Å². The Bertz CT molecular complexity index is 311. The minimum absolute atomic E-state index is 0.0302. The zero-order valence-electron chi connectivity index (χ0n) is 8.19. The lowest BCUT2D eigenvalue weighted by molar-refractivity contribution is 0.0419. The highest BCUT2D eigenvalue weighted by Crippen LogP contribution is 2.20. The van der Waals surface area contributed by atoms with Crippen LogP contribution in [-0.2, 0) is 4.74 Å². The van der Waals surface area contributed by atoms with E-state index in [0.717, 1.165) is 0 Å². The van der Waals surface area contributed by atoms with E-state index < -0.39 is 6.10 Å². The third-order valence-corrected chi connectivity index (χ3v) is 2.83. The molecule has 4 nitrogen and oxygen atoms in total. The monoisotopic (exact) mass is 215 g/mol. The van der Waals surface area contributed by atoms with Crippen LogP contribution in [0.4, 0.5) is 0 Å². The zero-order valence-corrected chi connectivity index (χ0v) is 9.00. The first kappa shape index (κ1) is 11.3. The molecule has 0 radical (unpaired) electrons. The van der Waals surface area contributed by atoms with Crippen molar-refractivity contribution in [2.24, 2.45) is 0 Å². The quantitative estimate of drug-likeness (QED) is 0.754. The van der Waals surface area contributed by atoms with Gasteiger partial charge in [0.15, 0.2) is 5.78 Å². The molecular formula is C9H13NO3S. The largest absolute Gasteiger partial charge is 0.383 e. The number of aliphatic hydroxyl groups excluding tert-OH is 1. The van der Waals surface area contributed by atoms with Crippen LogP contribution in [0, 0.1) is 0 Å². The number of carbonyl (C=O) groups excluding carboxylic acids is 1. The summed E-state index contributed by atoms with van der Waals surface area (Å²) in [7, 11) is 0. The highest BCUT2D eigenvalue weighted by molar-refractivity contribution is 7.13. The van der Waals surface area contributed by atoms with Crippen LogP contribution in [0.15, 0.2) is 6.20 Å². The van der Waals surface area contributed by atoms with Crippen LogP contribution < -0.4 is 0 Å². The summed E-state index contributed by atoms with van der Waals surface area (Å²) in [5, 5.41) is 10.1. The van der Waals surface area contributed by atoms with Crippen molar-refractivity contribution < 1.29 is 14.6 Å². The van der Waals surface area contributed by atoms with Gasteiger partial charge in [0.1, 0.15) is 11.1 Å². The molecule has 0 bridgehead atoms. The van der Waals surface area contributed by atoms with Gasteiger partial charge in [-0.25, -0.2) is 4.98 Å². The molecule has 1 aromatic heterocycles. The van der Waals surface area contributed by atoms with Gasteiger partial charge in [0.05, 0.1) is 11.5 Å². The Labute approximate surface area is 86.6 Å². The fourth-order valence-corrected chi connectivity index (χ4v) is 1.69. The first-order chi connectivity index (χ1) is 6.65. The second kappa shape index (κ2) is 5.19. The molecule has 1 rings (SSSR count). The highest BCUT2D eigenvalue weighted by Gasteiger charge is 2.13. The van der Waals surface area contributed by atoms with Crippen LogP contribution in [0.25, 0.3) is 0 Å². The van der Waals surface area contributed by atoms with Gasteiger partial charge in [-0.15, -0.1) is 11.3 Å². The second-order valence-electron chi connectivity index (χ2n) is 2.79. The summed E-state index contributed by atoms with van der Waals surface area (Å²) in [6.07, 6.45) is 0.755. The van der Waals surface area contributed by atoms with Crippen molar-refractivity contribution in [3.8, 4) is 0 Å². The van der Waals surface area contributed by atoms with Crippen LogP contribution in [-0.4, -0.2) is 29.1 Å². The molecule has 0 aromatic carbocycles. The third kappa shape index (κ3) is 2.87. The molecular weight excluding hydrogens is 202 g/mol. The van der Waals surface area contributed by atoms with Crippen molar-refractivity contribution in [3.05, 3.63) is 16.1 Å². The minimum Gasteiger partial charge on any atom is -0.383 e. The van der Waals surface area contributed by atoms with Crippen molar-refractivity contribution in [3.63, 3.8) is 0 Å². The number of hydrogen-bond donors (Lipinski definition) is 1. The summed E-state index contributed by atoms with van der Waals surface area (Å²) in [5.74, 6) is -0.0302. The molecule has 0 aliphatic carbocycles. The summed E-state index contributed by atoms with van der Waals surface area (Å²) in [4.78, 5) is 15.5. The molecule has 14 heavy (non-hydrogen) atoms. The van der Waals surface area contributed by atoms with Crippen LogP contribution in [0.3, 0.4) is 0 Å². The summed E-state index contributed by atoms with van der Waals surface area (Å²) >= 11 is 1.21. The topological polar surface area (TPSA) is 59.4 Å². The zero-order chi connectivity index (χ0) is 10.6. The van der Waals surface area contributed by atoms with Gasteiger partial charge in [0, 0.05) is 19.7 Å². The Balaban J connectivity index is 2.61. The minimum atomic E-state index is -0.729. The molecule has 5 heteroatoms. The molecule has 78 valence electrons. The number of rotatable bonds is 5. The first-order valence-electron chi connectivity index (χ1n) is 4.37. The van der Waals surface area contributed by atoms with Crippen LogP contribution in [0.2, 0.25) is 0 Å². The molecule has 1 unspecified atom stereocenters. The Hall–Kier alpha value is -0.780. The van der Waals surface area contributed by atoms with Crippen molar-refractivity contribution in [2.45, 2.75) is 20.0 Å². The van der Waals surface area contributed by atoms with E-state index in [-0.39, 0.29) is 12.4 Å². The summed E-state index contributed by atoms with van der Waals surface area (Å²) < 4.78 is 5.05. The van der Waals surface area contributed by atoms with E-state index >= 15 is 0 Å². The number of aliphatic hydroxyl groups is 1. The predicted molar refractivity (Wildman–Crippen MR) is 53.6 cm³/mol. The molecule has 1 N–H and O–H groups in total. The van der Waals surface area contributed by atoms with Gasteiger partial charge in [-0.05, 0) is 6.92 Å². The van der Waals surface area contributed by atoms with Crippen LogP contribution in [0.1, 0.15) is 34.6 Å². The van der Waals surface area contributed by atoms with E-state index in [1.807, 2.05) is 6.92 Å². The molecule has 0 amide bonds. The fourth-order valence-electron chi connectivity index (χ4n) is 0.905. The van der Waals surface area contributed by atoms with E-state index in [9.17, 15) is 9.90 Å². The van der Waals surface area contributed by atoms with Crippen molar-refractivity contribution in [1.82, 2.24) is 4.98 Å². The molecule has 1 aromatic rings. The summed E-state index contributed by atoms with van der Waals surface area (Å²) in [5.41, 5.74) is 0. The number of carbonyl (C=O) groups is 1. The molecule has 0 spiro atoms. The lowest BCUT2D eigenvalue weighted by atomic mass is 10.4. The van der Waals surface area contributed by atoms with Crippen LogP contribution in [0.5, 0.6) is 0 Å². The predicted octanol–water partition coefficient (Wildman–Crippen LogP) is 1.42. The standard InChI is InChI=1S/C9H13NO3S/c1-3-13-5-7(12)9-10-4-8(14-9)6(2)11/h4,7,12H,3,5H2,1-2H3. The number of ether oxygens (including phenoxy) is 1. The second-order valence-corrected chi connectivity index (χ2v) is 3.86. The highest BCUT2D eigenvalue weighted by atomic mass is 32.1. The van der Waals surface area contributed by atoms with E-state index in [2.05, 4.69) is 4.98 Å². The van der Waals surface area contributed by atoms with Gasteiger partial charge in [0.25, 0.3) is 0 Å². The van der Waals surface area contributed by atoms with E-state index in [1.54, 1.807) is 0 Å². The number of thiazole rings is 1. The first-order valence-corrected chi connectivity index (χ1v) is 5.19. The number of ketones is 1. The van der Waals surface area contributed by atoms with Crippen molar-refractivity contribution in [2.75, 3.05) is 13.2 Å². The third-order valence-electron chi connectivity index (χ3n) is 1.64. The smallest absolute Gasteiger partial charge is 0.171 e. The Morgan fingerprint density at radius 2 is 2.50 bits per heavy atom. The average Bonchev–Trinajstić information content (AvgIpc) is 2.62. The molecule has 1 heterocycles. The average molecular weight is 215 g/mol. The van der Waals surface area contributed by atoms with Gasteiger partial charge in [-0.2, -0.15) is 0 Å². The number of nitrogens with zero attached hydrogens (tertiary/aromatic N) is 1. The fraction of sp³-hybridized carbons (Fsp3) is 0.556. The number of hydrogen-bond acceptors (Lipinski definition) is 5. The Morgan fingerprint density at radius 1 is 1.79 bits per heavy atom. The molecule has 0 saturated heterocycles. The summed E-state index contributed by atoms with van der Waals surface area (Å²) in [6.45, 7) is 4.12. The lowest BCUT2D eigenvalue weighted by Crippen LogP contribution is -2.06. The van der Waals surface area contributed by atoms with Crippen molar-refractivity contribution >= 4 is 17.1 Å². The number of Topliss-reactive ketones (excluding diaryl/α,β-unsaturated/α-hetero) is 1. The van der Waals surface area contributed by atoms with E-state index in [0.29, 0.717) is 16.5 Å². The molecule has 1 atom stereocenters. The van der Waals surface area contributed by atoms with E-state index in [1.165, 1.54) is 24.5 Å². The Kier molecular flexibility index (Phi) is 4.19. The van der Waals surface area contributed by atoms with Gasteiger partial charge >= 0.3 is 0 Å². The van der Waals surface area contributed by atoms with Crippen LogP contribution >= 0.6 is 11.3 Å². The molecule has 0 saturated carbocycles. The van der Waals surface area contributed by atoms with Crippen molar-refractivity contribution in [1.29, 1.82) is 0 Å². The summed E-state index contributed by atoms with van der Waals surface area (Å²) in [6, 6.07) is 0. The van der Waals surface area contributed by atoms with E-state index in [4.69, 9.17) is 4.74 Å². The Morgan fingerprint density at radius 3 is 3.00 bits per heavy atom. The van der Waals surface area contributed by atoms with Gasteiger partial charge in [0.2, 0.25) is 0 Å². The SMILES string of the molecule is CCOCC(O)c1ncc(C(C)=O)s1. The maximum Gasteiger partial charge on any atom is 0.171 e. The lowest BCUT2D eigenvalue weighted by Gasteiger charge is -2.05. The maximum absolute atomic E-state index is 11.0. The molecule has 0 aliphatic rings. The molecule has 0 aliphatic heterocycles.